The van der Waals surface area contributed by atoms with Gasteiger partial charge in [-0.3, -0.25) is 0 Å². The molecule has 0 radical (unpaired) electrons. The highest BCUT2D eigenvalue weighted by Crippen LogP contribution is 2.36. The molecule has 1 saturated heterocycles. The lowest BCUT2D eigenvalue weighted by atomic mass is 9.91. The van der Waals surface area contributed by atoms with Gasteiger partial charge in [0, 0.05) is 12.6 Å². The third-order valence-corrected chi connectivity index (χ3v) is 4.56. The molecule has 2 heteroatoms. The summed E-state index contributed by atoms with van der Waals surface area (Å²) in [5, 5.41) is 3.77. The Morgan fingerprint density at radius 1 is 1.19 bits per heavy atom. The number of hydrogen-bond acceptors (Lipinski definition) is 2. The number of piperidine rings is 1. The molecule has 2 aliphatic rings. The predicted octanol–water partition coefficient (Wildman–Crippen LogP) is 2.35. The van der Waals surface area contributed by atoms with Crippen molar-refractivity contribution in [3.8, 4) is 0 Å². The fourth-order valence-corrected chi connectivity index (χ4v) is 2.98. The molecule has 0 amide bonds. The molecule has 1 aliphatic carbocycles. The van der Waals surface area contributed by atoms with Crippen molar-refractivity contribution in [2.45, 2.75) is 45.6 Å². The molecule has 0 aromatic heterocycles. The summed E-state index contributed by atoms with van der Waals surface area (Å²) in [5.74, 6) is 2.79. The van der Waals surface area contributed by atoms with Crippen molar-refractivity contribution in [2.24, 2.45) is 17.8 Å². The van der Waals surface area contributed by atoms with Gasteiger partial charge in [-0.2, -0.15) is 0 Å². The van der Waals surface area contributed by atoms with E-state index in [1.54, 1.807) is 0 Å². The SMILES string of the molecule is CC(CNC(C)C1CCCN(C)C1)C1CC1. The summed E-state index contributed by atoms with van der Waals surface area (Å²) in [6, 6.07) is 0.698. The zero-order chi connectivity index (χ0) is 11.5. The summed E-state index contributed by atoms with van der Waals surface area (Å²) in [4.78, 5) is 2.48. The minimum absolute atomic E-state index is 0.698. The Morgan fingerprint density at radius 3 is 2.56 bits per heavy atom. The van der Waals surface area contributed by atoms with Gasteiger partial charge in [0.15, 0.2) is 0 Å². The number of likely N-dealkylation sites (tertiary alicyclic amines) is 1. The van der Waals surface area contributed by atoms with E-state index >= 15 is 0 Å². The number of nitrogens with one attached hydrogen (secondary N) is 1. The highest BCUT2D eigenvalue weighted by Gasteiger charge is 2.29. The Hall–Kier alpha value is -0.0800. The fourth-order valence-electron chi connectivity index (χ4n) is 2.98. The summed E-state index contributed by atoms with van der Waals surface area (Å²) in [5.41, 5.74) is 0. The first-order valence-corrected chi connectivity index (χ1v) is 7.08. The van der Waals surface area contributed by atoms with E-state index in [-0.39, 0.29) is 0 Å². The van der Waals surface area contributed by atoms with E-state index < -0.39 is 0 Å². The average molecular weight is 224 g/mol. The van der Waals surface area contributed by atoms with Crippen LogP contribution in [0.3, 0.4) is 0 Å². The second-order valence-corrected chi connectivity index (χ2v) is 6.18. The quantitative estimate of drug-likeness (QED) is 0.771. The highest BCUT2D eigenvalue weighted by molar-refractivity contribution is 4.83. The van der Waals surface area contributed by atoms with Crippen LogP contribution < -0.4 is 5.32 Å². The first-order valence-electron chi connectivity index (χ1n) is 7.08. The van der Waals surface area contributed by atoms with E-state index in [1.807, 2.05) is 0 Å². The molecule has 16 heavy (non-hydrogen) atoms. The van der Waals surface area contributed by atoms with Crippen molar-refractivity contribution in [2.75, 3.05) is 26.7 Å². The smallest absolute Gasteiger partial charge is 0.00793 e. The van der Waals surface area contributed by atoms with Crippen LogP contribution >= 0.6 is 0 Å². The number of nitrogens with zero attached hydrogens (tertiary/aromatic N) is 1. The van der Waals surface area contributed by atoms with Gasteiger partial charge in [-0.1, -0.05) is 6.92 Å². The Morgan fingerprint density at radius 2 is 1.94 bits per heavy atom. The first-order chi connectivity index (χ1) is 7.66. The molecule has 94 valence electrons. The zero-order valence-electron chi connectivity index (χ0n) is 11.2. The van der Waals surface area contributed by atoms with E-state index in [2.05, 4.69) is 31.1 Å². The second kappa shape index (κ2) is 5.50. The van der Waals surface area contributed by atoms with E-state index in [0.717, 1.165) is 17.8 Å². The van der Waals surface area contributed by atoms with Gasteiger partial charge in [0.2, 0.25) is 0 Å². The summed E-state index contributed by atoms with van der Waals surface area (Å²) in [6.07, 6.45) is 5.74. The van der Waals surface area contributed by atoms with Crippen molar-refractivity contribution >= 4 is 0 Å². The lowest BCUT2D eigenvalue weighted by molar-refractivity contribution is 0.176. The van der Waals surface area contributed by atoms with E-state index in [1.165, 1.54) is 45.3 Å². The molecule has 0 bridgehead atoms. The number of hydrogen-bond donors (Lipinski definition) is 1. The van der Waals surface area contributed by atoms with E-state index in [4.69, 9.17) is 0 Å². The molecule has 0 aromatic rings. The zero-order valence-corrected chi connectivity index (χ0v) is 11.2. The average Bonchev–Trinajstić information content (AvgIpc) is 3.09. The largest absolute Gasteiger partial charge is 0.314 e. The third-order valence-electron chi connectivity index (χ3n) is 4.56. The molecular weight excluding hydrogens is 196 g/mol. The molecule has 3 unspecified atom stereocenters. The van der Waals surface area contributed by atoms with Crippen LogP contribution in [0.15, 0.2) is 0 Å². The van der Waals surface area contributed by atoms with E-state index in [0.29, 0.717) is 6.04 Å². The molecule has 2 rings (SSSR count). The van der Waals surface area contributed by atoms with Crippen molar-refractivity contribution in [1.82, 2.24) is 10.2 Å². The molecule has 0 aromatic carbocycles. The molecule has 2 fully saturated rings. The lowest BCUT2D eigenvalue weighted by Crippen LogP contribution is -2.44. The summed E-state index contributed by atoms with van der Waals surface area (Å²) < 4.78 is 0. The van der Waals surface area contributed by atoms with Gasteiger partial charge in [-0.05, 0) is 70.5 Å². The molecular formula is C14H28N2. The van der Waals surface area contributed by atoms with Crippen LogP contribution in [-0.2, 0) is 0 Å². The van der Waals surface area contributed by atoms with Crippen LogP contribution in [0.1, 0.15) is 39.5 Å². The molecule has 1 N–H and O–H groups in total. The van der Waals surface area contributed by atoms with Crippen LogP contribution in [0.2, 0.25) is 0 Å². The lowest BCUT2D eigenvalue weighted by Gasteiger charge is -2.34. The molecule has 1 heterocycles. The van der Waals surface area contributed by atoms with Gasteiger partial charge in [-0.25, -0.2) is 0 Å². The molecule has 1 aliphatic heterocycles. The van der Waals surface area contributed by atoms with Crippen molar-refractivity contribution in [1.29, 1.82) is 0 Å². The molecule has 2 nitrogen and oxygen atoms in total. The summed E-state index contributed by atoms with van der Waals surface area (Å²) in [7, 11) is 2.26. The van der Waals surface area contributed by atoms with Crippen molar-refractivity contribution in [3.05, 3.63) is 0 Å². The Kier molecular flexibility index (Phi) is 4.26. The summed E-state index contributed by atoms with van der Waals surface area (Å²) >= 11 is 0. The molecule has 1 saturated carbocycles. The Balaban J connectivity index is 1.67. The normalized spacial score (nSPS) is 31.3. The van der Waals surface area contributed by atoms with Crippen LogP contribution in [-0.4, -0.2) is 37.6 Å². The van der Waals surface area contributed by atoms with Gasteiger partial charge < -0.3 is 10.2 Å². The molecule has 3 atom stereocenters. The van der Waals surface area contributed by atoms with Crippen molar-refractivity contribution < 1.29 is 0 Å². The van der Waals surface area contributed by atoms with Gasteiger partial charge in [0.25, 0.3) is 0 Å². The topological polar surface area (TPSA) is 15.3 Å². The van der Waals surface area contributed by atoms with Crippen LogP contribution in [0.25, 0.3) is 0 Å². The summed E-state index contributed by atoms with van der Waals surface area (Å²) in [6.45, 7) is 8.59. The van der Waals surface area contributed by atoms with E-state index in [9.17, 15) is 0 Å². The van der Waals surface area contributed by atoms with Crippen LogP contribution in [0, 0.1) is 17.8 Å². The minimum Gasteiger partial charge on any atom is -0.314 e. The van der Waals surface area contributed by atoms with Gasteiger partial charge >= 0.3 is 0 Å². The van der Waals surface area contributed by atoms with Gasteiger partial charge in [0.05, 0.1) is 0 Å². The van der Waals surface area contributed by atoms with Gasteiger partial charge in [0.1, 0.15) is 0 Å². The predicted molar refractivity (Wildman–Crippen MR) is 69.6 cm³/mol. The standard InChI is InChI=1S/C14H28N2/c1-11(13-6-7-13)9-15-12(2)14-5-4-8-16(3)10-14/h11-15H,4-10H2,1-3H3. The maximum Gasteiger partial charge on any atom is 0.00793 e. The van der Waals surface area contributed by atoms with Crippen LogP contribution in [0.5, 0.6) is 0 Å². The second-order valence-electron chi connectivity index (χ2n) is 6.18. The first kappa shape index (κ1) is 12.4. The highest BCUT2D eigenvalue weighted by atomic mass is 15.1. The minimum atomic E-state index is 0.698. The van der Waals surface area contributed by atoms with Crippen LogP contribution in [0.4, 0.5) is 0 Å². The number of rotatable bonds is 5. The maximum atomic E-state index is 3.77. The monoisotopic (exact) mass is 224 g/mol. The molecule has 0 spiro atoms. The van der Waals surface area contributed by atoms with Gasteiger partial charge in [-0.15, -0.1) is 0 Å². The Bertz CT molecular complexity index is 213. The third kappa shape index (κ3) is 3.46. The Labute approximate surface area is 101 Å². The maximum absolute atomic E-state index is 3.77. The fraction of sp³-hybridized carbons (Fsp3) is 1.00. The van der Waals surface area contributed by atoms with Crippen molar-refractivity contribution in [3.63, 3.8) is 0 Å².